The van der Waals surface area contributed by atoms with Gasteiger partial charge >= 0.3 is 0 Å². The van der Waals surface area contributed by atoms with E-state index in [0.29, 0.717) is 12.2 Å². The Labute approximate surface area is 222 Å². The maximum Gasteiger partial charge on any atom is 0.205 e. The summed E-state index contributed by atoms with van der Waals surface area (Å²) in [6, 6.07) is 18.9. The number of aromatic amines is 1. The van der Waals surface area contributed by atoms with Gasteiger partial charge in [0, 0.05) is 36.7 Å². The standard InChI is InChI=1S/C29H33N9/c1-3-9-26-25(29(38-27(32-26)14-15-30-38)31-20(2)37-16-7-8-17-37)19-21-12-13-23(22-10-5-4-6-11-22)24(18-21)28-33-35-36-34-28/h4-6,10-15,18,20,31H,3,7-9,16-17,19H2,1-2H3,(H,33,34,35,36). The lowest BCUT2D eigenvalue weighted by Crippen LogP contribution is -2.37. The third kappa shape index (κ3) is 4.77. The maximum atomic E-state index is 5.03. The molecule has 9 nitrogen and oxygen atoms in total. The fraction of sp³-hybridized carbons (Fsp3) is 0.345. The fourth-order valence-electron chi connectivity index (χ4n) is 5.46. The maximum absolute atomic E-state index is 5.03. The molecule has 1 unspecified atom stereocenters. The van der Waals surface area contributed by atoms with E-state index in [1.807, 2.05) is 35.0 Å². The van der Waals surface area contributed by atoms with E-state index in [9.17, 15) is 0 Å². The van der Waals surface area contributed by atoms with Gasteiger partial charge in [0.05, 0.1) is 18.1 Å². The normalized spacial score (nSPS) is 14.8. The lowest BCUT2D eigenvalue weighted by Gasteiger charge is -2.27. The number of anilines is 1. The second-order valence-electron chi connectivity index (χ2n) is 9.96. The third-order valence-electron chi connectivity index (χ3n) is 7.37. The van der Waals surface area contributed by atoms with Crippen molar-refractivity contribution in [3.05, 3.63) is 77.6 Å². The van der Waals surface area contributed by atoms with Gasteiger partial charge in [0.2, 0.25) is 5.82 Å². The molecule has 0 aliphatic carbocycles. The van der Waals surface area contributed by atoms with E-state index in [0.717, 1.165) is 65.3 Å². The van der Waals surface area contributed by atoms with Gasteiger partial charge in [-0.15, -0.1) is 10.2 Å². The minimum absolute atomic E-state index is 0.205. The minimum atomic E-state index is 0.205. The number of nitrogens with one attached hydrogen (secondary N) is 2. The van der Waals surface area contributed by atoms with Crippen LogP contribution in [0.2, 0.25) is 0 Å². The molecule has 1 aliphatic heterocycles. The highest BCUT2D eigenvalue weighted by Crippen LogP contribution is 2.33. The molecule has 9 heteroatoms. The number of nitrogens with zero attached hydrogens (tertiary/aromatic N) is 7. The number of likely N-dealkylation sites (tertiary alicyclic amines) is 1. The van der Waals surface area contributed by atoms with Crippen molar-refractivity contribution < 1.29 is 0 Å². The van der Waals surface area contributed by atoms with Crippen LogP contribution in [-0.4, -0.2) is 59.4 Å². The molecule has 0 amide bonds. The highest BCUT2D eigenvalue weighted by molar-refractivity contribution is 5.81. The molecule has 0 bridgehead atoms. The Balaban J connectivity index is 1.44. The first kappa shape index (κ1) is 24.2. The number of rotatable bonds is 9. The second-order valence-corrected chi connectivity index (χ2v) is 9.96. The van der Waals surface area contributed by atoms with E-state index in [2.05, 4.69) is 80.1 Å². The summed E-state index contributed by atoms with van der Waals surface area (Å²) >= 11 is 0. The van der Waals surface area contributed by atoms with E-state index in [-0.39, 0.29) is 6.17 Å². The van der Waals surface area contributed by atoms with Gasteiger partial charge in [0.25, 0.3) is 0 Å². The van der Waals surface area contributed by atoms with Crippen molar-refractivity contribution in [3.8, 4) is 22.5 Å². The molecule has 194 valence electrons. The van der Waals surface area contributed by atoms with Gasteiger partial charge < -0.3 is 5.32 Å². The lowest BCUT2D eigenvalue weighted by atomic mass is 9.94. The summed E-state index contributed by atoms with van der Waals surface area (Å²) in [7, 11) is 0. The first-order valence-electron chi connectivity index (χ1n) is 13.5. The van der Waals surface area contributed by atoms with Gasteiger partial charge in [-0.25, -0.2) is 4.98 Å². The van der Waals surface area contributed by atoms with E-state index in [4.69, 9.17) is 4.98 Å². The Hall–Kier alpha value is -4.11. The average molecular weight is 508 g/mol. The molecule has 38 heavy (non-hydrogen) atoms. The Bertz CT molecular complexity index is 1500. The number of fused-ring (bicyclic) bond motifs is 1. The Kier molecular flexibility index (Phi) is 6.83. The Morgan fingerprint density at radius 2 is 1.87 bits per heavy atom. The Morgan fingerprint density at radius 1 is 1.03 bits per heavy atom. The van der Waals surface area contributed by atoms with Crippen molar-refractivity contribution >= 4 is 11.5 Å². The van der Waals surface area contributed by atoms with Crippen LogP contribution in [0.3, 0.4) is 0 Å². The zero-order valence-corrected chi connectivity index (χ0v) is 21.9. The van der Waals surface area contributed by atoms with E-state index < -0.39 is 0 Å². The van der Waals surface area contributed by atoms with E-state index in [1.165, 1.54) is 18.4 Å². The van der Waals surface area contributed by atoms with E-state index >= 15 is 0 Å². The summed E-state index contributed by atoms with van der Waals surface area (Å²) < 4.78 is 1.96. The highest BCUT2D eigenvalue weighted by atomic mass is 15.5. The summed E-state index contributed by atoms with van der Waals surface area (Å²) in [5.74, 6) is 1.61. The van der Waals surface area contributed by atoms with Crippen molar-refractivity contribution in [2.24, 2.45) is 0 Å². The molecule has 6 rings (SSSR count). The van der Waals surface area contributed by atoms with Crippen LogP contribution in [0, 0.1) is 0 Å². The largest absolute Gasteiger partial charge is 0.354 e. The van der Waals surface area contributed by atoms with Crippen LogP contribution in [0.5, 0.6) is 0 Å². The average Bonchev–Trinajstić information content (AvgIpc) is 3.74. The topological polar surface area (TPSA) is 99.9 Å². The number of hydrogen-bond donors (Lipinski definition) is 2. The fourth-order valence-corrected chi connectivity index (χ4v) is 5.46. The summed E-state index contributed by atoms with van der Waals surface area (Å²) in [4.78, 5) is 7.53. The summed E-state index contributed by atoms with van der Waals surface area (Å²) in [5.41, 5.74) is 7.48. The quantitative estimate of drug-likeness (QED) is 0.290. The molecular weight excluding hydrogens is 474 g/mol. The van der Waals surface area contributed by atoms with Crippen LogP contribution in [0.25, 0.3) is 28.2 Å². The van der Waals surface area contributed by atoms with Gasteiger partial charge in [0.1, 0.15) is 5.82 Å². The molecule has 2 N–H and O–H groups in total. The van der Waals surface area contributed by atoms with Crippen LogP contribution in [0.4, 0.5) is 5.82 Å². The zero-order chi connectivity index (χ0) is 25.9. The van der Waals surface area contributed by atoms with Crippen molar-refractivity contribution in [1.82, 2.24) is 40.1 Å². The molecule has 1 atom stereocenters. The number of benzene rings is 2. The molecule has 1 fully saturated rings. The molecule has 0 spiro atoms. The van der Waals surface area contributed by atoms with Crippen molar-refractivity contribution in [3.63, 3.8) is 0 Å². The number of tetrazole rings is 1. The molecule has 2 aromatic carbocycles. The highest BCUT2D eigenvalue weighted by Gasteiger charge is 2.23. The lowest BCUT2D eigenvalue weighted by molar-refractivity contribution is 0.282. The second kappa shape index (κ2) is 10.7. The van der Waals surface area contributed by atoms with Gasteiger partial charge in [0.15, 0.2) is 5.65 Å². The zero-order valence-electron chi connectivity index (χ0n) is 21.9. The molecule has 1 saturated heterocycles. The molecule has 0 radical (unpaired) electrons. The van der Waals surface area contributed by atoms with Crippen LogP contribution in [0.15, 0.2) is 60.8 Å². The van der Waals surface area contributed by atoms with Gasteiger partial charge in [-0.1, -0.05) is 55.8 Å². The first-order chi connectivity index (χ1) is 18.7. The molecule has 5 aromatic rings. The van der Waals surface area contributed by atoms with Crippen molar-refractivity contribution in [1.29, 1.82) is 0 Å². The summed E-state index contributed by atoms with van der Waals surface area (Å²) in [6.45, 7) is 6.68. The molecular formula is C29H33N9. The van der Waals surface area contributed by atoms with Crippen LogP contribution in [0.1, 0.15) is 49.9 Å². The molecule has 1 aliphatic rings. The number of H-pyrrole nitrogens is 1. The van der Waals surface area contributed by atoms with Gasteiger partial charge in [-0.3, -0.25) is 4.90 Å². The van der Waals surface area contributed by atoms with Crippen molar-refractivity contribution in [2.75, 3.05) is 18.4 Å². The summed E-state index contributed by atoms with van der Waals surface area (Å²) in [5, 5.41) is 23.5. The van der Waals surface area contributed by atoms with Crippen LogP contribution in [-0.2, 0) is 12.8 Å². The SMILES string of the molecule is CCCc1nc2ccnn2c(NC(C)N2CCCC2)c1Cc1ccc(-c2ccccc2)c(-c2nn[nH]n2)c1. The van der Waals surface area contributed by atoms with Crippen LogP contribution < -0.4 is 5.32 Å². The predicted molar refractivity (Wildman–Crippen MR) is 149 cm³/mol. The molecule has 4 heterocycles. The number of aromatic nitrogens is 7. The third-order valence-corrected chi connectivity index (χ3v) is 7.37. The van der Waals surface area contributed by atoms with E-state index in [1.54, 1.807) is 0 Å². The van der Waals surface area contributed by atoms with Gasteiger partial charge in [-0.2, -0.15) is 14.8 Å². The predicted octanol–water partition coefficient (Wildman–Crippen LogP) is 4.97. The minimum Gasteiger partial charge on any atom is -0.354 e. The van der Waals surface area contributed by atoms with Gasteiger partial charge in [-0.05, 0) is 54.2 Å². The summed E-state index contributed by atoms with van der Waals surface area (Å²) in [6.07, 6.45) is 7.18. The monoisotopic (exact) mass is 507 g/mol. The first-order valence-corrected chi connectivity index (χ1v) is 13.5. The molecule has 3 aromatic heterocycles. The number of aryl methyl sites for hydroxylation is 1. The molecule has 0 saturated carbocycles. The van der Waals surface area contributed by atoms with Crippen molar-refractivity contribution in [2.45, 2.75) is 52.1 Å². The Morgan fingerprint density at radius 3 is 2.63 bits per heavy atom. The smallest absolute Gasteiger partial charge is 0.205 e. The number of hydrogen-bond acceptors (Lipinski definition) is 7. The van der Waals surface area contributed by atoms with Crippen LogP contribution >= 0.6 is 0 Å².